The van der Waals surface area contributed by atoms with E-state index in [1.165, 1.54) is 6.21 Å². The maximum atomic E-state index is 12.8. The monoisotopic (exact) mass is 379 g/mol. The molecule has 0 aliphatic carbocycles. The first kappa shape index (κ1) is 19.6. The van der Waals surface area contributed by atoms with E-state index in [1.54, 1.807) is 6.92 Å². The van der Waals surface area contributed by atoms with Gasteiger partial charge in [0.25, 0.3) is 5.91 Å². The van der Waals surface area contributed by atoms with Gasteiger partial charge in [0.15, 0.2) is 0 Å². The van der Waals surface area contributed by atoms with Gasteiger partial charge in [0, 0.05) is 0 Å². The zero-order valence-electron chi connectivity index (χ0n) is 16.2. The largest absolute Gasteiger partial charge is 0.494 e. The molecule has 3 amide bonds. The van der Waals surface area contributed by atoms with E-state index in [1.807, 2.05) is 54.6 Å². The molecule has 0 unspecified atom stereocenters. The standard InChI is InChI=1S/C22H25N3O3/c1-3-4-8-15-28-19-13-11-17(12-14-19)16-23-25-20(26)22(2,24-21(25)27)18-9-6-5-7-10-18/h5-7,9-14,16H,3-4,8,15H2,1-2H3,(H,24,27)/b23-16-/t22-/m0/s1. The number of benzene rings is 2. The Kier molecular flexibility index (Phi) is 6.09. The molecular weight excluding hydrogens is 354 g/mol. The summed E-state index contributed by atoms with van der Waals surface area (Å²) in [7, 11) is 0. The number of hydrogen-bond acceptors (Lipinski definition) is 4. The predicted octanol–water partition coefficient (Wildman–Crippen LogP) is 4.06. The molecule has 0 aromatic heterocycles. The number of unbranched alkanes of at least 4 members (excludes halogenated alkanes) is 2. The first-order chi connectivity index (χ1) is 13.5. The van der Waals surface area contributed by atoms with Crippen molar-refractivity contribution in [2.45, 2.75) is 38.6 Å². The molecule has 1 heterocycles. The number of nitrogens with zero attached hydrogens (tertiary/aromatic N) is 2. The maximum Gasteiger partial charge on any atom is 0.346 e. The van der Waals surface area contributed by atoms with Crippen LogP contribution in [0.25, 0.3) is 0 Å². The second-order valence-electron chi connectivity index (χ2n) is 6.91. The van der Waals surface area contributed by atoms with E-state index in [4.69, 9.17) is 4.74 Å². The van der Waals surface area contributed by atoms with Crippen molar-refractivity contribution in [3.63, 3.8) is 0 Å². The molecule has 3 rings (SSSR count). The summed E-state index contributed by atoms with van der Waals surface area (Å²) in [5, 5.41) is 7.70. The van der Waals surface area contributed by atoms with E-state index in [-0.39, 0.29) is 0 Å². The van der Waals surface area contributed by atoms with Crippen molar-refractivity contribution in [2.24, 2.45) is 5.10 Å². The number of rotatable bonds is 8. The third-order valence-electron chi connectivity index (χ3n) is 4.74. The third kappa shape index (κ3) is 4.22. The van der Waals surface area contributed by atoms with Crippen molar-refractivity contribution >= 4 is 18.2 Å². The first-order valence-electron chi connectivity index (χ1n) is 9.53. The van der Waals surface area contributed by atoms with E-state index >= 15 is 0 Å². The van der Waals surface area contributed by atoms with Crippen LogP contribution in [0.2, 0.25) is 0 Å². The predicted molar refractivity (Wildman–Crippen MR) is 108 cm³/mol. The minimum absolute atomic E-state index is 0.407. The highest BCUT2D eigenvalue weighted by Gasteiger charge is 2.49. The van der Waals surface area contributed by atoms with Crippen LogP contribution in [0.15, 0.2) is 59.7 Å². The Morgan fingerprint density at radius 2 is 1.79 bits per heavy atom. The zero-order chi connectivity index (χ0) is 20.0. The molecule has 6 nitrogen and oxygen atoms in total. The molecule has 0 spiro atoms. The van der Waals surface area contributed by atoms with Gasteiger partial charge in [-0.1, -0.05) is 50.1 Å². The van der Waals surface area contributed by atoms with E-state index in [2.05, 4.69) is 17.3 Å². The molecular formula is C22H25N3O3. The van der Waals surface area contributed by atoms with Gasteiger partial charge in [0.2, 0.25) is 0 Å². The Morgan fingerprint density at radius 3 is 2.46 bits per heavy atom. The molecule has 28 heavy (non-hydrogen) atoms. The number of carbonyl (C=O) groups excluding carboxylic acids is 2. The molecule has 0 bridgehead atoms. The summed E-state index contributed by atoms with van der Waals surface area (Å²) in [5.41, 5.74) is 0.372. The highest BCUT2D eigenvalue weighted by atomic mass is 16.5. The number of hydrazone groups is 1. The zero-order valence-corrected chi connectivity index (χ0v) is 16.2. The van der Waals surface area contributed by atoms with Gasteiger partial charge in [-0.3, -0.25) is 4.79 Å². The molecule has 2 aromatic rings. The van der Waals surface area contributed by atoms with E-state index < -0.39 is 17.5 Å². The number of ether oxygens (including phenoxy) is 1. The Bertz CT molecular complexity index is 849. The number of hydrogen-bond donors (Lipinski definition) is 1. The summed E-state index contributed by atoms with van der Waals surface area (Å²) >= 11 is 0. The maximum absolute atomic E-state index is 12.8. The molecule has 1 saturated heterocycles. The van der Waals surface area contributed by atoms with Crippen LogP contribution < -0.4 is 10.1 Å². The van der Waals surface area contributed by atoms with Crippen molar-refractivity contribution < 1.29 is 14.3 Å². The second-order valence-corrected chi connectivity index (χ2v) is 6.91. The summed E-state index contributed by atoms with van der Waals surface area (Å²) < 4.78 is 5.68. The molecule has 1 N–H and O–H groups in total. The van der Waals surface area contributed by atoms with Gasteiger partial charge in [-0.15, -0.1) is 5.01 Å². The average molecular weight is 379 g/mol. The van der Waals surface area contributed by atoms with Crippen LogP contribution in [0.3, 0.4) is 0 Å². The molecule has 2 aromatic carbocycles. The Hall–Kier alpha value is -3.15. The van der Waals surface area contributed by atoms with E-state index in [9.17, 15) is 9.59 Å². The van der Waals surface area contributed by atoms with Gasteiger partial charge in [-0.25, -0.2) is 4.79 Å². The van der Waals surface area contributed by atoms with Crippen LogP contribution in [-0.4, -0.2) is 29.8 Å². The minimum Gasteiger partial charge on any atom is -0.494 e. The summed E-state index contributed by atoms with van der Waals surface area (Å²) in [6.07, 6.45) is 4.84. The highest BCUT2D eigenvalue weighted by Crippen LogP contribution is 2.28. The Balaban J connectivity index is 1.65. The molecule has 1 atom stereocenters. The summed E-state index contributed by atoms with van der Waals surface area (Å²) in [6, 6.07) is 16.0. The topological polar surface area (TPSA) is 71.0 Å². The summed E-state index contributed by atoms with van der Waals surface area (Å²) in [6.45, 7) is 4.53. The summed E-state index contributed by atoms with van der Waals surface area (Å²) in [4.78, 5) is 25.1. The second kappa shape index (κ2) is 8.69. The lowest BCUT2D eigenvalue weighted by Gasteiger charge is -2.20. The molecule has 146 valence electrons. The van der Waals surface area contributed by atoms with Crippen LogP contribution in [0.5, 0.6) is 5.75 Å². The van der Waals surface area contributed by atoms with Crippen molar-refractivity contribution in [1.82, 2.24) is 10.3 Å². The van der Waals surface area contributed by atoms with Gasteiger partial charge in [-0.05, 0) is 48.7 Å². The molecule has 1 aliphatic rings. The van der Waals surface area contributed by atoms with Crippen LogP contribution in [0.4, 0.5) is 4.79 Å². The van der Waals surface area contributed by atoms with Gasteiger partial charge in [0.1, 0.15) is 11.3 Å². The summed E-state index contributed by atoms with van der Waals surface area (Å²) in [5.74, 6) is 0.385. The lowest BCUT2D eigenvalue weighted by atomic mass is 9.92. The van der Waals surface area contributed by atoms with Crippen LogP contribution >= 0.6 is 0 Å². The average Bonchev–Trinajstić information content (AvgIpc) is 2.94. The minimum atomic E-state index is -1.12. The first-order valence-corrected chi connectivity index (χ1v) is 9.53. The van der Waals surface area contributed by atoms with Gasteiger partial charge in [0.05, 0.1) is 12.8 Å². The SMILES string of the molecule is CCCCCOc1ccc(/C=N\N2C(=O)N[C@@](C)(c3ccccc3)C2=O)cc1. The molecule has 6 heteroatoms. The van der Waals surface area contributed by atoms with Crippen molar-refractivity contribution in [3.05, 3.63) is 65.7 Å². The fourth-order valence-corrected chi connectivity index (χ4v) is 3.01. The molecule has 0 radical (unpaired) electrons. The quantitative estimate of drug-likeness (QED) is 0.427. The van der Waals surface area contributed by atoms with Gasteiger partial charge in [-0.2, -0.15) is 5.10 Å². The van der Waals surface area contributed by atoms with Gasteiger partial charge >= 0.3 is 6.03 Å². The number of imide groups is 1. The normalized spacial score (nSPS) is 19.3. The van der Waals surface area contributed by atoms with Crippen LogP contribution in [0, 0.1) is 0 Å². The van der Waals surface area contributed by atoms with E-state index in [0.29, 0.717) is 6.61 Å². The number of carbonyl (C=O) groups is 2. The van der Waals surface area contributed by atoms with Crippen LogP contribution in [-0.2, 0) is 10.3 Å². The van der Waals surface area contributed by atoms with Gasteiger partial charge < -0.3 is 10.1 Å². The number of urea groups is 1. The van der Waals surface area contributed by atoms with Crippen LogP contribution in [0.1, 0.15) is 44.2 Å². The lowest BCUT2D eigenvalue weighted by molar-refractivity contribution is -0.131. The van der Waals surface area contributed by atoms with Crippen molar-refractivity contribution in [1.29, 1.82) is 0 Å². The van der Waals surface area contributed by atoms with Crippen molar-refractivity contribution in [3.8, 4) is 5.75 Å². The molecule has 1 aliphatic heterocycles. The number of amides is 3. The molecule has 0 saturated carbocycles. The molecule has 1 fully saturated rings. The Labute approximate surface area is 165 Å². The Morgan fingerprint density at radius 1 is 1.07 bits per heavy atom. The van der Waals surface area contributed by atoms with E-state index in [0.717, 1.165) is 41.1 Å². The number of nitrogens with one attached hydrogen (secondary N) is 1. The fourth-order valence-electron chi connectivity index (χ4n) is 3.01. The fraction of sp³-hybridized carbons (Fsp3) is 0.318. The smallest absolute Gasteiger partial charge is 0.346 e. The third-order valence-corrected chi connectivity index (χ3v) is 4.74. The highest BCUT2D eigenvalue weighted by molar-refractivity contribution is 6.07. The lowest BCUT2D eigenvalue weighted by Crippen LogP contribution is -2.40. The van der Waals surface area contributed by atoms with Crippen molar-refractivity contribution in [2.75, 3.05) is 6.61 Å².